The highest BCUT2D eigenvalue weighted by molar-refractivity contribution is 9.10. The molecule has 1 aromatic rings. The molecule has 0 radical (unpaired) electrons. The molecule has 2 heterocycles. The van der Waals surface area contributed by atoms with Crippen molar-refractivity contribution in [2.45, 2.75) is 64.6 Å². The third-order valence-corrected chi connectivity index (χ3v) is 5.79. The van der Waals surface area contributed by atoms with E-state index in [0.29, 0.717) is 0 Å². The molecule has 0 amide bonds. The van der Waals surface area contributed by atoms with Crippen LogP contribution in [0.15, 0.2) is 22.9 Å². The van der Waals surface area contributed by atoms with E-state index < -0.39 is 0 Å². The first-order chi connectivity index (χ1) is 9.97. The number of aromatic nitrogens is 1. The Morgan fingerprint density at radius 2 is 1.95 bits per heavy atom. The molecule has 0 aliphatic carbocycles. The summed E-state index contributed by atoms with van der Waals surface area (Å²) in [5, 5.41) is 3.83. The summed E-state index contributed by atoms with van der Waals surface area (Å²) < 4.78 is 1.06. The van der Waals surface area contributed by atoms with Crippen molar-refractivity contribution in [1.82, 2.24) is 15.2 Å². The van der Waals surface area contributed by atoms with E-state index >= 15 is 0 Å². The Bertz CT molecular complexity index is 473. The van der Waals surface area contributed by atoms with E-state index in [0.717, 1.165) is 30.5 Å². The zero-order valence-corrected chi connectivity index (χ0v) is 15.3. The van der Waals surface area contributed by atoms with Crippen LogP contribution in [0.2, 0.25) is 0 Å². The summed E-state index contributed by atoms with van der Waals surface area (Å²) in [5.74, 6) is 0. The van der Waals surface area contributed by atoms with Crippen LogP contribution in [0.3, 0.4) is 0 Å². The van der Waals surface area contributed by atoms with Gasteiger partial charge in [-0.25, -0.2) is 0 Å². The third kappa shape index (κ3) is 3.66. The van der Waals surface area contributed by atoms with E-state index in [1.807, 2.05) is 12.4 Å². The van der Waals surface area contributed by atoms with Crippen LogP contribution in [0.25, 0.3) is 0 Å². The van der Waals surface area contributed by atoms with E-state index in [9.17, 15) is 0 Å². The molecule has 21 heavy (non-hydrogen) atoms. The van der Waals surface area contributed by atoms with Crippen molar-refractivity contribution in [1.29, 1.82) is 0 Å². The fourth-order valence-electron chi connectivity index (χ4n) is 3.18. The molecule has 118 valence electrons. The van der Waals surface area contributed by atoms with Gasteiger partial charge in [-0.05, 0) is 53.7 Å². The Morgan fingerprint density at radius 3 is 2.52 bits per heavy atom. The molecule has 1 atom stereocenters. The lowest BCUT2D eigenvalue weighted by Crippen LogP contribution is -2.68. The quantitative estimate of drug-likeness (QED) is 0.867. The molecule has 0 saturated carbocycles. The Hall–Kier alpha value is -0.450. The van der Waals surface area contributed by atoms with Crippen molar-refractivity contribution in [3.63, 3.8) is 0 Å². The van der Waals surface area contributed by atoms with Crippen LogP contribution < -0.4 is 5.32 Å². The summed E-state index contributed by atoms with van der Waals surface area (Å²) in [4.78, 5) is 6.96. The van der Waals surface area contributed by atoms with Crippen LogP contribution in [0.4, 0.5) is 0 Å². The van der Waals surface area contributed by atoms with Crippen LogP contribution in [0.1, 0.15) is 52.5 Å². The van der Waals surface area contributed by atoms with E-state index in [4.69, 9.17) is 0 Å². The molecule has 1 N–H and O–H groups in total. The fourth-order valence-corrected chi connectivity index (χ4v) is 3.60. The lowest BCUT2D eigenvalue weighted by molar-refractivity contribution is 0.00269. The van der Waals surface area contributed by atoms with Crippen LogP contribution in [-0.2, 0) is 6.54 Å². The number of piperazine rings is 1. The topological polar surface area (TPSA) is 28.2 Å². The van der Waals surface area contributed by atoms with Crippen LogP contribution in [0.5, 0.6) is 0 Å². The Morgan fingerprint density at radius 1 is 1.24 bits per heavy atom. The third-order valence-electron chi connectivity index (χ3n) is 5.35. The lowest BCUT2D eigenvalue weighted by atomic mass is 9.83. The predicted octanol–water partition coefficient (Wildman–Crippen LogP) is 3.98. The molecule has 1 aliphatic rings. The maximum Gasteiger partial charge on any atom is 0.0410 e. The van der Waals surface area contributed by atoms with Gasteiger partial charge in [-0.3, -0.25) is 9.88 Å². The van der Waals surface area contributed by atoms with Gasteiger partial charge < -0.3 is 5.32 Å². The highest BCUT2D eigenvalue weighted by Crippen LogP contribution is 2.31. The van der Waals surface area contributed by atoms with Crippen molar-refractivity contribution in [2.24, 2.45) is 0 Å². The zero-order chi connectivity index (χ0) is 15.5. The maximum atomic E-state index is 4.31. The first-order valence-corrected chi connectivity index (χ1v) is 8.86. The van der Waals surface area contributed by atoms with Gasteiger partial charge in [-0.2, -0.15) is 0 Å². The number of nitrogens with one attached hydrogen (secondary N) is 1. The van der Waals surface area contributed by atoms with Gasteiger partial charge in [0, 0.05) is 47.6 Å². The molecule has 1 aromatic heterocycles. The summed E-state index contributed by atoms with van der Waals surface area (Å²) in [5.41, 5.74) is 1.76. The van der Waals surface area contributed by atoms with Crippen LogP contribution in [0, 0.1) is 0 Å². The molecule has 2 rings (SSSR count). The number of hydrogen-bond acceptors (Lipinski definition) is 3. The Balaban J connectivity index is 2.22. The Labute approximate surface area is 137 Å². The second-order valence-corrected chi connectivity index (χ2v) is 7.47. The molecule has 3 nitrogen and oxygen atoms in total. The molecule has 0 aromatic carbocycles. The summed E-state index contributed by atoms with van der Waals surface area (Å²) in [7, 11) is 0. The molecule has 1 unspecified atom stereocenters. The number of nitrogens with zero attached hydrogens (tertiary/aromatic N) is 2. The van der Waals surface area contributed by atoms with Crippen LogP contribution in [-0.4, -0.2) is 34.1 Å². The van der Waals surface area contributed by atoms with E-state index in [1.165, 1.54) is 18.4 Å². The minimum absolute atomic E-state index is 0.218. The molecule has 1 aliphatic heterocycles. The average Bonchev–Trinajstić information content (AvgIpc) is 2.50. The Kier molecular flexibility index (Phi) is 5.44. The van der Waals surface area contributed by atoms with Crippen molar-refractivity contribution >= 4 is 15.9 Å². The first kappa shape index (κ1) is 16.9. The summed E-state index contributed by atoms with van der Waals surface area (Å²) >= 11 is 3.53. The van der Waals surface area contributed by atoms with Crippen LogP contribution >= 0.6 is 15.9 Å². The van der Waals surface area contributed by atoms with Gasteiger partial charge in [0.15, 0.2) is 0 Å². The molecule has 1 fully saturated rings. The van der Waals surface area contributed by atoms with E-state index in [-0.39, 0.29) is 11.1 Å². The van der Waals surface area contributed by atoms with Crippen molar-refractivity contribution in [3.05, 3.63) is 28.5 Å². The lowest BCUT2D eigenvalue weighted by Gasteiger charge is -2.53. The number of hydrogen-bond donors (Lipinski definition) is 1. The van der Waals surface area contributed by atoms with Gasteiger partial charge in [0.25, 0.3) is 0 Å². The van der Waals surface area contributed by atoms with Gasteiger partial charge in [-0.1, -0.05) is 20.8 Å². The molecular formula is C17H28BrN3. The number of pyridine rings is 1. The normalized spacial score (nSPS) is 26.0. The molecule has 4 heteroatoms. The van der Waals surface area contributed by atoms with E-state index in [1.54, 1.807) is 0 Å². The minimum atomic E-state index is 0.218. The zero-order valence-electron chi connectivity index (χ0n) is 13.7. The summed E-state index contributed by atoms with van der Waals surface area (Å²) in [6, 6.07) is 2.19. The highest BCUT2D eigenvalue weighted by atomic mass is 79.9. The largest absolute Gasteiger partial charge is 0.308 e. The van der Waals surface area contributed by atoms with Gasteiger partial charge in [0.1, 0.15) is 0 Å². The van der Waals surface area contributed by atoms with Gasteiger partial charge in [-0.15, -0.1) is 0 Å². The number of halogens is 1. The van der Waals surface area contributed by atoms with Crippen molar-refractivity contribution < 1.29 is 0 Å². The minimum Gasteiger partial charge on any atom is -0.308 e. The fraction of sp³-hybridized carbons (Fsp3) is 0.706. The molecule has 1 saturated heterocycles. The van der Waals surface area contributed by atoms with Gasteiger partial charge >= 0.3 is 0 Å². The van der Waals surface area contributed by atoms with Gasteiger partial charge in [0.2, 0.25) is 0 Å². The molecule has 0 bridgehead atoms. The highest BCUT2D eigenvalue weighted by Gasteiger charge is 2.42. The predicted molar refractivity (Wildman–Crippen MR) is 92.4 cm³/mol. The van der Waals surface area contributed by atoms with E-state index in [2.05, 4.69) is 64.9 Å². The smallest absolute Gasteiger partial charge is 0.0410 e. The maximum absolute atomic E-state index is 4.31. The van der Waals surface area contributed by atoms with Crippen molar-refractivity contribution in [2.75, 3.05) is 13.1 Å². The molecular weight excluding hydrogens is 326 g/mol. The monoisotopic (exact) mass is 353 g/mol. The van der Waals surface area contributed by atoms with Gasteiger partial charge in [0.05, 0.1) is 0 Å². The second kappa shape index (κ2) is 6.76. The second-order valence-electron chi connectivity index (χ2n) is 6.56. The summed E-state index contributed by atoms with van der Waals surface area (Å²) in [6.07, 6.45) is 7.35. The average molecular weight is 354 g/mol. The SMILES string of the molecule is CCC1(CC)CN(Cc2cncc(Br)c2)C(C)(CC)CN1. The first-order valence-electron chi connectivity index (χ1n) is 8.06. The number of rotatable bonds is 5. The standard InChI is InChI=1S/C17H28BrN3/c1-5-16(4)12-20-17(6-2,7-3)13-21(16)11-14-8-15(18)10-19-9-14/h8-10,20H,5-7,11-13H2,1-4H3. The molecule has 0 spiro atoms. The summed E-state index contributed by atoms with van der Waals surface area (Å²) in [6.45, 7) is 12.4. The van der Waals surface area contributed by atoms with Crippen molar-refractivity contribution in [3.8, 4) is 0 Å².